The van der Waals surface area contributed by atoms with Crippen LogP contribution in [0.25, 0.3) is 0 Å². The van der Waals surface area contributed by atoms with Gasteiger partial charge in [-0.15, -0.1) is 6.58 Å². The number of hydrogen-bond acceptors (Lipinski definition) is 0. The van der Waals surface area contributed by atoms with E-state index in [1.807, 2.05) is 6.08 Å². The van der Waals surface area contributed by atoms with Gasteiger partial charge in [-0.25, -0.2) is 0 Å². The van der Waals surface area contributed by atoms with Gasteiger partial charge in [0.25, 0.3) is 0 Å². The van der Waals surface area contributed by atoms with Crippen molar-refractivity contribution in [1.82, 2.24) is 0 Å². The van der Waals surface area contributed by atoms with Crippen molar-refractivity contribution in [3.05, 3.63) is 34.9 Å². The Morgan fingerprint density at radius 3 is 1.77 bits per heavy atom. The van der Waals surface area contributed by atoms with Crippen LogP contribution in [0.5, 0.6) is 0 Å². The minimum absolute atomic E-state index is 0.246. The van der Waals surface area contributed by atoms with E-state index in [9.17, 15) is 0 Å². The Bertz CT molecular complexity index is 276. The van der Waals surface area contributed by atoms with E-state index in [1.54, 1.807) is 0 Å². The predicted molar refractivity (Wildman–Crippen MR) is 59.7 cm³/mol. The zero-order valence-electron chi connectivity index (χ0n) is 9.49. The van der Waals surface area contributed by atoms with Gasteiger partial charge in [-0.2, -0.15) is 0 Å². The fourth-order valence-electron chi connectivity index (χ4n) is 2.27. The Morgan fingerprint density at radius 1 is 1.08 bits per heavy atom. The van der Waals surface area contributed by atoms with Gasteiger partial charge in [0, 0.05) is 5.41 Å². The lowest BCUT2D eigenvalue weighted by Crippen LogP contribution is -2.16. The third-order valence-corrected chi connectivity index (χ3v) is 3.90. The summed E-state index contributed by atoms with van der Waals surface area (Å²) in [7, 11) is 0. The van der Waals surface area contributed by atoms with Crippen LogP contribution in [0.3, 0.4) is 0 Å². The standard InChI is InChI=1S/C13H20/c1-7-8-13(6)11(4)9(2)10(3)12(13)5/h7H,1,8H2,2-6H3. The summed E-state index contributed by atoms with van der Waals surface area (Å²) in [6.07, 6.45) is 3.08. The second-order valence-electron chi connectivity index (χ2n) is 4.32. The lowest BCUT2D eigenvalue weighted by Gasteiger charge is -2.27. The molecular weight excluding hydrogens is 156 g/mol. The molecule has 1 rings (SSSR count). The summed E-state index contributed by atoms with van der Waals surface area (Å²) in [5.74, 6) is 0. The van der Waals surface area contributed by atoms with Crippen molar-refractivity contribution in [2.45, 2.75) is 41.0 Å². The Balaban J connectivity index is 3.22. The molecule has 0 saturated carbocycles. The molecule has 0 heteroatoms. The molecule has 0 fully saturated rings. The van der Waals surface area contributed by atoms with Crippen molar-refractivity contribution < 1.29 is 0 Å². The van der Waals surface area contributed by atoms with Crippen LogP contribution in [0.1, 0.15) is 41.0 Å². The topological polar surface area (TPSA) is 0 Å². The Hall–Kier alpha value is -0.780. The molecule has 1 aliphatic carbocycles. The number of allylic oxidation sites excluding steroid dienone is 5. The smallest absolute Gasteiger partial charge is 0.0133 e. The molecule has 0 aromatic heterocycles. The molecule has 0 radical (unpaired) electrons. The molecule has 0 spiro atoms. The van der Waals surface area contributed by atoms with Crippen LogP contribution >= 0.6 is 0 Å². The molecule has 0 atom stereocenters. The van der Waals surface area contributed by atoms with Gasteiger partial charge in [0.15, 0.2) is 0 Å². The van der Waals surface area contributed by atoms with Crippen molar-refractivity contribution in [3.8, 4) is 0 Å². The fourth-order valence-corrected chi connectivity index (χ4v) is 2.27. The zero-order chi connectivity index (χ0) is 10.2. The third kappa shape index (κ3) is 1.29. The highest BCUT2D eigenvalue weighted by atomic mass is 14.4. The summed E-state index contributed by atoms with van der Waals surface area (Å²) in [5.41, 5.74) is 6.23. The van der Waals surface area contributed by atoms with Crippen LogP contribution in [0.15, 0.2) is 34.9 Å². The third-order valence-electron chi connectivity index (χ3n) is 3.90. The molecule has 0 saturated heterocycles. The molecule has 0 aliphatic heterocycles. The first-order valence-corrected chi connectivity index (χ1v) is 4.92. The zero-order valence-corrected chi connectivity index (χ0v) is 9.49. The summed E-state index contributed by atoms with van der Waals surface area (Å²) in [6, 6.07) is 0. The van der Waals surface area contributed by atoms with Crippen LogP contribution in [-0.4, -0.2) is 0 Å². The molecule has 13 heavy (non-hydrogen) atoms. The van der Waals surface area contributed by atoms with Crippen molar-refractivity contribution >= 4 is 0 Å². The van der Waals surface area contributed by atoms with E-state index in [2.05, 4.69) is 41.2 Å². The van der Waals surface area contributed by atoms with E-state index in [0.717, 1.165) is 6.42 Å². The van der Waals surface area contributed by atoms with Gasteiger partial charge in [-0.1, -0.05) is 24.1 Å². The summed E-state index contributed by atoms with van der Waals surface area (Å²) in [6.45, 7) is 15.1. The van der Waals surface area contributed by atoms with Crippen molar-refractivity contribution in [3.63, 3.8) is 0 Å². The first kappa shape index (κ1) is 10.3. The summed E-state index contributed by atoms with van der Waals surface area (Å²) in [4.78, 5) is 0. The van der Waals surface area contributed by atoms with E-state index < -0.39 is 0 Å². The van der Waals surface area contributed by atoms with Gasteiger partial charge in [0.2, 0.25) is 0 Å². The molecule has 0 N–H and O–H groups in total. The van der Waals surface area contributed by atoms with Gasteiger partial charge in [0.05, 0.1) is 0 Å². The molecule has 0 aromatic carbocycles. The highest BCUT2D eigenvalue weighted by molar-refractivity contribution is 5.50. The highest BCUT2D eigenvalue weighted by Gasteiger charge is 2.34. The van der Waals surface area contributed by atoms with Crippen molar-refractivity contribution in [2.75, 3.05) is 0 Å². The second-order valence-corrected chi connectivity index (χ2v) is 4.32. The minimum atomic E-state index is 0.246. The van der Waals surface area contributed by atoms with E-state index in [0.29, 0.717) is 0 Å². The molecule has 0 amide bonds. The molecular formula is C13H20. The molecule has 0 aromatic rings. The molecule has 72 valence electrons. The summed E-state index contributed by atoms with van der Waals surface area (Å²) in [5, 5.41) is 0. The van der Waals surface area contributed by atoms with Gasteiger partial charge in [0.1, 0.15) is 0 Å². The average Bonchev–Trinajstić information content (AvgIpc) is 2.23. The maximum absolute atomic E-state index is 3.84. The quantitative estimate of drug-likeness (QED) is 0.552. The summed E-state index contributed by atoms with van der Waals surface area (Å²) >= 11 is 0. The maximum atomic E-state index is 3.84. The van der Waals surface area contributed by atoms with Crippen molar-refractivity contribution in [1.29, 1.82) is 0 Å². The van der Waals surface area contributed by atoms with Crippen LogP contribution in [0, 0.1) is 5.41 Å². The van der Waals surface area contributed by atoms with Gasteiger partial charge in [-0.05, 0) is 45.3 Å². The average molecular weight is 176 g/mol. The van der Waals surface area contributed by atoms with Crippen LogP contribution in [-0.2, 0) is 0 Å². The van der Waals surface area contributed by atoms with E-state index in [-0.39, 0.29) is 5.41 Å². The fraction of sp³-hybridized carbons (Fsp3) is 0.538. The first-order valence-electron chi connectivity index (χ1n) is 4.92. The Kier molecular flexibility index (Phi) is 2.51. The van der Waals surface area contributed by atoms with E-state index >= 15 is 0 Å². The molecule has 0 bridgehead atoms. The van der Waals surface area contributed by atoms with Crippen molar-refractivity contribution in [2.24, 2.45) is 5.41 Å². The van der Waals surface area contributed by atoms with Crippen LogP contribution in [0.2, 0.25) is 0 Å². The number of rotatable bonds is 2. The predicted octanol–water partition coefficient (Wildman–Crippen LogP) is 4.26. The SMILES string of the molecule is C=CCC1(C)C(C)=C(C)C(C)=C1C. The summed E-state index contributed by atoms with van der Waals surface area (Å²) < 4.78 is 0. The largest absolute Gasteiger partial charge is 0.103 e. The van der Waals surface area contributed by atoms with E-state index in [1.165, 1.54) is 22.3 Å². The van der Waals surface area contributed by atoms with Gasteiger partial charge >= 0.3 is 0 Å². The Morgan fingerprint density at radius 2 is 1.46 bits per heavy atom. The lowest BCUT2D eigenvalue weighted by molar-refractivity contribution is 0.494. The van der Waals surface area contributed by atoms with Gasteiger partial charge < -0.3 is 0 Å². The molecule has 0 nitrogen and oxygen atoms in total. The maximum Gasteiger partial charge on any atom is 0.0133 e. The number of hydrogen-bond donors (Lipinski definition) is 0. The van der Waals surface area contributed by atoms with Gasteiger partial charge in [-0.3, -0.25) is 0 Å². The highest BCUT2D eigenvalue weighted by Crippen LogP contribution is 2.48. The molecule has 0 unspecified atom stereocenters. The monoisotopic (exact) mass is 176 g/mol. The molecule has 1 aliphatic rings. The lowest BCUT2D eigenvalue weighted by atomic mass is 9.77. The first-order chi connectivity index (χ1) is 5.95. The molecule has 0 heterocycles. The minimum Gasteiger partial charge on any atom is -0.103 e. The normalized spacial score (nSPS) is 21.3. The van der Waals surface area contributed by atoms with Crippen LogP contribution in [0.4, 0.5) is 0 Å². The van der Waals surface area contributed by atoms with Crippen LogP contribution < -0.4 is 0 Å². The Labute approximate surface area is 82.0 Å². The van der Waals surface area contributed by atoms with E-state index in [4.69, 9.17) is 0 Å². The second kappa shape index (κ2) is 3.17.